The van der Waals surface area contributed by atoms with Gasteiger partial charge in [0.1, 0.15) is 12.3 Å². The first kappa shape index (κ1) is 23.8. The zero-order valence-electron chi connectivity index (χ0n) is 18.5. The number of carbonyl (C=O) groups excluding carboxylic acids is 4. The van der Waals surface area contributed by atoms with E-state index in [0.717, 1.165) is 16.7 Å². The average Bonchev–Trinajstić information content (AvgIpc) is 3.12. The van der Waals surface area contributed by atoms with Crippen molar-refractivity contribution >= 4 is 52.2 Å². The summed E-state index contributed by atoms with van der Waals surface area (Å²) in [5.41, 5.74) is 1.75. The van der Waals surface area contributed by atoms with E-state index in [4.69, 9.17) is 4.74 Å². The Hall–Kier alpha value is -4.37. The van der Waals surface area contributed by atoms with Crippen LogP contribution in [-0.4, -0.2) is 41.0 Å². The fourth-order valence-electron chi connectivity index (χ4n) is 3.24. The smallest absolute Gasteiger partial charge is 0.294 e. The first-order valence-corrected chi connectivity index (χ1v) is 11.5. The molecular weight excluding hydrogens is 466 g/mol. The van der Waals surface area contributed by atoms with E-state index < -0.39 is 23.6 Å². The standard InChI is InChI=1S/C26H21N3O5S/c30-23(27-19-10-3-1-4-11-19)16-29-25(32)22(35-26(29)33)15-18-9-7-8-14-21(18)34-17-24(31)28-20-12-5-2-6-13-20/h1-15H,16-17H2,(H,27,30)(H,28,31)/b22-15-. The fourth-order valence-corrected chi connectivity index (χ4v) is 4.07. The average molecular weight is 488 g/mol. The number of hydrogen-bond donors (Lipinski definition) is 2. The van der Waals surface area contributed by atoms with Gasteiger partial charge in [-0.2, -0.15) is 0 Å². The molecule has 0 bridgehead atoms. The molecule has 9 heteroatoms. The number of para-hydroxylation sites is 3. The molecule has 1 aliphatic heterocycles. The molecule has 3 aromatic rings. The minimum Gasteiger partial charge on any atom is -0.483 e. The fraction of sp³-hybridized carbons (Fsp3) is 0.0769. The second kappa shape index (κ2) is 11.2. The van der Waals surface area contributed by atoms with Gasteiger partial charge in [-0.15, -0.1) is 0 Å². The van der Waals surface area contributed by atoms with Crippen molar-refractivity contribution in [3.8, 4) is 5.75 Å². The lowest BCUT2D eigenvalue weighted by Crippen LogP contribution is -2.36. The number of benzene rings is 3. The normalized spacial score (nSPS) is 14.2. The van der Waals surface area contributed by atoms with E-state index >= 15 is 0 Å². The predicted molar refractivity (Wildman–Crippen MR) is 135 cm³/mol. The molecule has 0 radical (unpaired) electrons. The molecule has 1 aliphatic rings. The molecule has 4 rings (SSSR count). The minimum atomic E-state index is -0.570. The largest absolute Gasteiger partial charge is 0.483 e. The highest BCUT2D eigenvalue weighted by molar-refractivity contribution is 8.18. The number of imide groups is 1. The molecule has 1 fully saturated rings. The van der Waals surface area contributed by atoms with Crippen molar-refractivity contribution in [1.29, 1.82) is 0 Å². The number of carbonyl (C=O) groups is 4. The summed E-state index contributed by atoms with van der Waals surface area (Å²) in [7, 11) is 0. The lowest BCUT2D eigenvalue weighted by Gasteiger charge is -2.12. The van der Waals surface area contributed by atoms with Crippen LogP contribution < -0.4 is 15.4 Å². The van der Waals surface area contributed by atoms with Crippen LogP contribution in [0.1, 0.15) is 5.56 Å². The SMILES string of the molecule is O=C(COc1ccccc1/C=C1\SC(=O)N(CC(=O)Nc2ccccc2)C1=O)Nc1ccccc1. The Bertz CT molecular complexity index is 1280. The first-order valence-electron chi connectivity index (χ1n) is 10.7. The van der Waals surface area contributed by atoms with Crippen molar-refractivity contribution in [2.75, 3.05) is 23.8 Å². The van der Waals surface area contributed by atoms with Crippen LogP contribution in [-0.2, 0) is 14.4 Å². The van der Waals surface area contributed by atoms with Gasteiger partial charge in [-0.3, -0.25) is 24.1 Å². The number of hydrogen-bond acceptors (Lipinski definition) is 6. The van der Waals surface area contributed by atoms with Gasteiger partial charge in [0.05, 0.1) is 4.91 Å². The van der Waals surface area contributed by atoms with Gasteiger partial charge in [-0.25, -0.2) is 0 Å². The van der Waals surface area contributed by atoms with Crippen LogP contribution in [0.15, 0.2) is 89.8 Å². The van der Waals surface area contributed by atoms with E-state index in [9.17, 15) is 19.2 Å². The third-order valence-electron chi connectivity index (χ3n) is 4.85. The number of nitrogens with zero attached hydrogens (tertiary/aromatic N) is 1. The van der Waals surface area contributed by atoms with Gasteiger partial charge in [0.25, 0.3) is 17.1 Å². The van der Waals surface area contributed by atoms with E-state index in [0.29, 0.717) is 22.7 Å². The van der Waals surface area contributed by atoms with Gasteiger partial charge < -0.3 is 15.4 Å². The molecule has 8 nitrogen and oxygen atoms in total. The Morgan fingerprint density at radius 3 is 2.03 bits per heavy atom. The molecule has 4 amide bonds. The minimum absolute atomic E-state index is 0.160. The van der Waals surface area contributed by atoms with Crippen LogP contribution in [0.2, 0.25) is 0 Å². The molecule has 0 spiro atoms. The molecule has 0 unspecified atom stereocenters. The highest BCUT2D eigenvalue weighted by atomic mass is 32.2. The molecule has 176 valence electrons. The molecule has 3 aromatic carbocycles. The monoisotopic (exact) mass is 487 g/mol. The van der Waals surface area contributed by atoms with Gasteiger partial charge in [0.15, 0.2) is 6.61 Å². The van der Waals surface area contributed by atoms with Crippen LogP contribution in [0.3, 0.4) is 0 Å². The third kappa shape index (κ3) is 6.36. The number of nitrogens with one attached hydrogen (secondary N) is 2. The van der Waals surface area contributed by atoms with E-state index in [1.54, 1.807) is 60.7 Å². The Morgan fingerprint density at radius 1 is 0.800 bits per heavy atom. The second-order valence-corrected chi connectivity index (χ2v) is 8.42. The van der Waals surface area contributed by atoms with E-state index in [-0.39, 0.29) is 17.4 Å². The summed E-state index contributed by atoms with van der Waals surface area (Å²) in [4.78, 5) is 50.8. The Balaban J connectivity index is 1.40. The molecule has 0 atom stereocenters. The van der Waals surface area contributed by atoms with Gasteiger partial charge in [-0.05, 0) is 48.2 Å². The van der Waals surface area contributed by atoms with Crippen molar-refractivity contribution in [2.24, 2.45) is 0 Å². The summed E-state index contributed by atoms with van der Waals surface area (Å²) in [6, 6.07) is 24.6. The predicted octanol–water partition coefficient (Wildman–Crippen LogP) is 4.38. The molecule has 0 saturated carbocycles. The number of rotatable bonds is 8. The summed E-state index contributed by atoms with van der Waals surface area (Å²) in [6.07, 6.45) is 1.52. The van der Waals surface area contributed by atoms with Gasteiger partial charge in [0, 0.05) is 16.9 Å². The van der Waals surface area contributed by atoms with Gasteiger partial charge in [0.2, 0.25) is 5.91 Å². The lowest BCUT2D eigenvalue weighted by atomic mass is 10.2. The van der Waals surface area contributed by atoms with Crippen molar-refractivity contribution in [2.45, 2.75) is 0 Å². The molecular formula is C26H21N3O5S. The third-order valence-corrected chi connectivity index (χ3v) is 5.76. The van der Waals surface area contributed by atoms with Crippen molar-refractivity contribution in [3.05, 3.63) is 95.4 Å². The maximum atomic E-state index is 12.8. The maximum absolute atomic E-state index is 12.8. The number of anilines is 2. The van der Waals surface area contributed by atoms with Crippen LogP contribution >= 0.6 is 11.8 Å². The molecule has 1 heterocycles. The van der Waals surface area contributed by atoms with Crippen LogP contribution in [0, 0.1) is 0 Å². The lowest BCUT2D eigenvalue weighted by molar-refractivity contribution is -0.127. The van der Waals surface area contributed by atoms with Crippen LogP contribution in [0.25, 0.3) is 6.08 Å². The number of thioether (sulfide) groups is 1. The molecule has 0 aromatic heterocycles. The summed E-state index contributed by atoms with van der Waals surface area (Å²) in [5.74, 6) is -1.01. The quantitative estimate of drug-likeness (QED) is 0.457. The molecule has 1 saturated heterocycles. The Labute approximate surface area is 206 Å². The van der Waals surface area contributed by atoms with E-state index in [1.165, 1.54) is 6.08 Å². The maximum Gasteiger partial charge on any atom is 0.294 e. The van der Waals surface area contributed by atoms with Gasteiger partial charge in [-0.1, -0.05) is 54.6 Å². The zero-order valence-corrected chi connectivity index (χ0v) is 19.3. The Morgan fingerprint density at radius 2 is 1.37 bits per heavy atom. The topological polar surface area (TPSA) is 105 Å². The van der Waals surface area contributed by atoms with Crippen molar-refractivity contribution in [1.82, 2.24) is 4.90 Å². The number of amides is 4. The zero-order chi connectivity index (χ0) is 24.6. The van der Waals surface area contributed by atoms with Crippen molar-refractivity contribution < 1.29 is 23.9 Å². The molecule has 0 aliphatic carbocycles. The van der Waals surface area contributed by atoms with E-state index in [1.807, 2.05) is 24.3 Å². The number of ether oxygens (including phenoxy) is 1. The highest BCUT2D eigenvalue weighted by Crippen LogP contribution is 2.34. The van der Waals surface area contributed by atoms with Gasteiger partial charge >= 0.3 is 0 Å². The highest BCUT2D eigenvalue weighted by Gasteiger charge is 2.36. The van der Waals surface area contributed by atoms with Crippen LogP contribution in [0.5, 0.6) is 5.75 Å². The molecule has 2 N–H and O–H groups in total. The summed E-state index contributed by atoms with van der Waals surface area (Å²) >= 11 is 0.743. The summed E-state index contributed by atoms with van der Waals surface area (Å²) in [5, 5.41) is 4.85. The molecule has 35 heavy (non-hydrogen) atoms. The second-order valence-electron chi connectivity index (χ2n) is 7.42. The van der Waals surface area contributed by atoms with E-state index in [2.05, 4.69) is 10.6 Å². The Kier molecular flexibility index (Phi) is 7.59. The van der Waals surface area contributed by atoms with Crippen LogP contribution in [0.4, 0.5) is 16.2 Å². The first-order chi connectivity index (χ1) is 17.0. The summed E-state index contributed by atoms with van der Waals surface area (Å²) < 4.78 is 5.66. The summed E-state index contributed by atoms with van der Waals surface area (Å²) in [6.45, 7) is -0.629. The van der Waals surface area contributed by atoms with Crippen molar-refractivity contribution in [3.63, 3.8) is 0 Å².